The molecule has 0 amide bonds. The second-order valence-electron chi connectivity index (χ2n) is 6.35. The highest BCUT2D eigenvalue weighted by Gasteiger charge is 2.02. The predicted octanol–water partition coefficient (Wildman–Crippen LogP) is 1.65. The molecule has 150 valence electrons. The molecular formula is C19H30N4O3S. The largest absolute Gasteiger partial charge is 0.379 e. The Morgan fingerprint density at radius 2 is 2.00 bits per heavy atom. The summed E-state index contributed by atoms with van der Waals surface area (Å²) in [5, 5.41) is 7.66. The third-order valence-electron chi connectivity index (χ3n) is 3.99. The van der Waals surface area contributed by atoms with E-state index in [1.807, 2.05) is 6.92 Å². The zero-order valence-electron chi connectivity index (χ0n) is 16.1. The highest BCUT2D eigenvalue weighted by molar-refractivity contribution is 7.90. The first-order chi connectivity index (χ1) is 13.0. The maximum atomic E-state index is 11.0. The Bertz CT molecular complexity index is 830. The second kappa shape index (κ2) is 10.9. The van der Waals surface area contributed by atoms with Gasteiger partial charge in [-0.3, -0.25) is 4.99 Å². The van der Waals surface area contributed by atoms with E-state index < -0.39 is 9.84 Å². The van der Waals surface area contributed by atoms with E-state index in [0.717, 1.165) is 32.0 Å². The normalized spacial score (nSPS) is 12.4. The molecule has 1 aromatic heterocycles. The highest BCUT2D eigenvalue weighted by Crippen LogP contribution is 2.15. The number of aryl methyl sites for hydroxylation is 1. The van der Waals surface area contributed by atoms with E-state index in [1.165, 1.54) is 17.2 Å². The van der Waals surface area contributed by atoms with Crippen molar-refractivity contribution in [3.05, 3.63) is 36.5 Å². The van der Waals surface area contributed by atoms with Crippen molar-refractivity contribution in [2.75, 3.05) is 44.9 Å². The zero-order valence-corrected chi connectivity index (χ0v) is 17.0. The zero-order chi connectivity index (χ0) is 19.5. The molecule has 0 aliphatic rings. The van der Waals surface area contributed by atoms with Gasteiger partial charge in [0.1, 0.15) is 9.84 Å². The molecule has 0 unspecified atom stereocenters. The number of nitrogens with one attached hydrogen (secondary N) is 2. The fraction of sp³-hybridized carbons (Fsp3) is 0.526. The van der Waals surface area contributed by atoms with Crippen LogP contribution in [-0.2, 0) is 21.1 Å². The third-order valence-corrected chi connectivity index (χ3v) is 4.90. The van der Waals surface area contributed by atoms with Crippen LogP contribution in [0.15, 0.2) is 41.5 Å². The summed E-state index contributed by atoms with van der Waals surface area (Å²) in [5.74, 6) is 0.802. The number of fused-ring (bicyclic) bond motifs is 1. The quantitative estimate of drug-likeness (QED) is 0.344. The van der Waals surface area contributed by atoms with Crippen LogP contribution in [-0.4, -0.2) is 63.8 Å². The Hall–Kier alpha value is -2.06. The minimum Gasteiger partial charge on any atom is -0.379 e. The van der Waals surface area contributed by atoms with E-state index >= 15 is 0 Å². The molecule has 1 aromatic carbocycles. The van der Waals surface area contributed by atoms with Crippen LogP contribution in [0.5, 0.6) is 0 Å². The number of sulfone groups is 1. The average molecular weight is 395 g/mol. The smallest absolute Gasteiger partial charge is 0.191 e. The van der Waals surface area contributed by atoms with Gasteiger partial charge in [0.15, 0.2) is 5.96 Å². The first kappa shape index (κ1) is 21.2. The van der Waals surface area contributed by atoms with Gasteiger partial charge in [0.25, 0.3) is 0 Å². The molecule has 1 heterocycles. The van der Waals surface area contributed by atoms with E-state index in [-0.39, 0.29) is 12.4 Å². The number of para-hydroxylation sites is 1. The Kier molecular flexibility index (Phi) is 8.60. The lowest BCUT2D eigenvalue weighted by Crippen LogP contribution is -2.39. The predicted molar refractivity (Wildman–Crippen MR) is 111 cm³/mol. The van der Waals surface area contributed by atoms with E-state index in [4.69, 9.17) is 4.74 Å². The van der Waals surface area contributed by atoms with Gasteiger partial charge in [0, 0.05) is 44.1 Å². The van der Waals surface area contributed by atoms with Crippen LogP contribution in [0.4, 0.5) is 0 Å². The maximum absolute atomic E-state index is 11.0. The summed E-state index contributed by atoms with van der Waals surface area (Å²) in [6.07, 6.45) is 4.27. The molecular weight excluding hydrogens is 364 g/mol. The first-order valence-corrected chi connectivity index (χ1v) is 11.4. The number of nitrogens with zero attached hydrogens (tertiary/aromatic N) is 2. The van der Waals surface area contributed by atoms with E-state index in [1.54, 1.807) is 0 Å². The van der Waals surface area contributed by atoms with Gasteiger partial charge in [0.05, 0.1) is 19.0 Å². The van der Waals surface area contributed by atoms with Crippen molar-refractivity contribution in [2.24, 2.45) is 4.99 Å². The molecule has 2 rings (SSSR count). The van der Waals surface area contributed by atoms with E-state index in [9.17, 15) is 8.42 Å². The third kappa shape index (κ3) is 8.01. The van der Waals surface area contributed by atoms with Gasteiger partial charge in [-0.2, -0.15) is 0 Å². The van der Waals surface area contributed by atoms with Crippen LogP contribution in [0.1, 0.15) is 13.3 Å². The molecule has 27 heavy (non-hydrogen) atoms. The Labute approximate surface area is 161 Å². The highest BCUT2D eigenvalue weighted by atomic mass is 32.2. The van der Waals surface area contributed by atoms with Crippen molar-refractivity contribution in [2.45, 2.75) is 19.9 Å². The first-order valence-electron chi connectivity index (χ1n) is 9.31. The van der Waals surface area contributed by atoms with Gasteiger partial charge in [-0.1, -0.05) is 18.2 Å². The summed E-state index contributed by atoms with van der Waals surface area (Å²) in [6, 6.07) is 10.5. The number of aliphatic imine (C=N–C) groups is 1. The summed E-state index contributed by atoms with van der Waals surface area (Å²) in [6.45, 7) is 5.68. The fourth-order valence-corrected chi connectivity index (χ4v) is 3.08. The average Bonchev–Trinajstić information content (AvgIpc) is 3.04. The van der Waals surface area contributed by atoms with Crippen molar-refractivity contribution < 1.29 is 13.2 Å². The van der Waals surface area contributed by atoms with Crippen LogP contribution >= 0.6 is 0 Å². The van der Waals surface area contributed by atoms with Gasteiger partial charge >= 0.3 is 0 Å². The van der Waals surface area contributed by atoms with Gasteiger partial charge in [0.2, 0.25) is 0 Å². The number of rotatable bonds is 11. The molecule has 0 saturated carbocycles. The molecule has 0 aliphatic carbocycles. The van der Waals surface area contributed by atoms with Crippen molar-refractivity contribution in [3.8, 4) is 0 Å². The van der Waals surface area contributed by atoms with Crippen LogP contribution in [0.25, 0.3) is 10.9 Å². The minimum atomic E-state index is -2.97. The molecule has 0 atom stereocenters. The summed E-state index contributed by atoms with van der Waals surface area (Å²) in [4.78, 5) is 4.58. The van der Waals surface area contributed by atoms with Crippen molar-refractivity contribution >= 4 is 26.7 Å². The van der Waals surface area contributed by atoms with Gasteiger partial charge in [-0.25, -0.2) is 8.42 Å². The van der Waals surface area contributed by atoms with Gasteiger partial charge in [-0.15, -0.1) is 0 Å². The molecule has 8 heteroatoms. The monoisotopic (exact) mass is 394 g/mol. The summed E-state index contributed by atoms with van der Waals surface area (Å²) in [5.41, 5.74) is 1.25. The number of hydrogen-bond donors (Lipinski definition) is 2. The van der Waals surface area contributed by atoms with Crippen molar-refractivity contribution in [3.63, 3.8) is 0 Å². The topological polar surface area (TPSA) is 84.7 Å². The number of guanidine groups is 1. The van der Waals surface area contributed by atoms with Crippen LogP contribution in [0, 0.1) is 0 Å². The Balaban J connectivity index is 1.70. The van der Waals surface area contributed by atoms with E-state index in [0.29, 0.717) is 13.2 Å². The molecule has 7 nitrogen and oxygen atoms in total. The summed E-state index contributed by atoms with van der Waals surface area (Å²) in [7, 11) is -2.97. The molecule has 2 N–H and O–H groups in total. The van der Waals surface area contributed by atoms with Gasteiger partial charge < -0.3 is 19.9 Å². The minimum absolute atomic E-state index is 0.0508. The van der Waals surface area contributed by atoms with Crippen LogP contribution in [0.3, 0.4) is 0 Å². The Morgan fingerprint density at radius 1 is 1.19 bits per heavy atom. The Morgan fingerprint density at radius 3 is 2.78 bits per heavy atom. The molecule has 0 aliphatic heterocycles. The fourth-order valence-electron chi connectivity index (χ4n) is 2.66. The molecule has 0 spiro atoms. The molecule has 2 aromatic rings. The number of ether oxygens (including phenoxy) is 1. The van der Waals surface area contributed by atoms with E-state index in [2.05, 4.69) is 56.7 Å². The van der Waals surface area contributed by atoms with Crippen LogP contribution < -0.4 is 10.6 Å². The lowest BCUT2D eigenvalue weighted by atomic mass is 10.2. The van der Waals surface area contributed by atoms with Gasteiger partial charge in [-0.05, 0) is 30.9 Å². The molecule has 0 fully saturated rings. The van der Waals surface area contributed by atoms with Crippen molar-refractivity contribution in [1.82, 2.24) is 15.2 Å². The second-order valence-corrected chi connectivity index (χ2v) is 8.61. The van der Waals surface area contributed by atoms with Crippen LogP contribution in [0.2, 0.25) is 0 Å². The molecule has 0 saturated heterocycles. The molecule has 0 bridgehead atoms. The number of hydrogen-bond acceptors (Lipinski definition) is 4. The van der Waals surface area contributed by atoms with Crippen molar-refractivity contribution in [1.29, 1.82) is 0 Å². The molecule has 0 radical (unpaired) electrons. The SMILES string of the molecule is CCNC(=NCCCn1ccc2ccccc21)NCCOCCS(C)(=O)=O. The maximum Gasteiger partial charge on any atom is 0.191 e. The number of benzene rings is 1. The summed E-state index contributed by atoms with van der Waals surface area (Å²) < 4.78 is 29.6. The number of aromatic nitrogens is 1. The lowest BCUT2D eigenvalue weighted by Gasteiger charge is -2.11. The summed E-state index contributed by atoms with van der Waals surface area (Å²) >= 11 is 0. The standard InChI is InChI=1S/C19H30N4O3S/c1-3-20-19(22-11-14-26-15-16-27(2,24)25)21-10-6-12-23-13-9-17-7-4-5-8-18(17)23/h4-5,7-9,13H,3,6,10-12,14-16H2,1-2H3,(H2,20,21,22). The lowest BCUT2D eigenvalue weighted by molar-refractivity contribution is 0.154.